The van der Waals surface area contributed by atoms with Gasteiger partial charge in [-0.3, -0.25) is 14.7 Å². The molecule has 0 saturated heterocycles. The molecule has 4 rings (SSSR count). The second-order valence-corrected chi connectivity index (χ2v) is 9.75. The molecule has 2 aliphatic rings. The smallest absolute Gasteiger partial charge is 0.318 e. The molecule has 2 saturated carbocycles. The Labute approximate surface area is 172 Å². The summed E-state index contributed by atoms with van der Waals surface area (Å²) < 4.78 is 2.27. The third-order valence-electron chi connectivity index (χ3n) is 6.05. The number of fused-ring (bicyclic) bond motifs is 2. The lowest BCUT2D eigenvalue weighted by Crippen LogP contribution is -2.35. The van der Waals surface area contributed by atoms with E-state index in [0.717, 1.165) is 27.7 Å². The molecule has 3 N–H and O–H groups in total. The van der Waals surface area contributed by atoms with Crippen LogP contribution >= 0.6 is 23.1 Å². The topological polar surface area (TPSA) is 103 Å². The number of nitrogens with zero attached hydrogens (tertiary/aromatic N) is 3. The lowest BCUT2D eigenvalue weighted by atomic mass is 9.84. The molecule has 2 aromatic heterocycles. The minimum Gasteiger partial charge on any atom is -0.351 e. The molecule has 2 heterocycles. The van der Waals surface area contributed by atoms with E-state index in [9.17, 15) is 9.59 Å². The number of rotatable bonds is 7. The minimum absolute atomic E-state index is 0.206. The van der Waals surface area contributed by atoms with Gasteiger partial charge >= 0.3 is 6.03 Å². The fraction of sp³-hybridized carbons (Fsp3) is 0.579. The number of hydrogen-bond acceptors (Lipinski definition) is 6. The molecule has 9 heteroatoms. The molecule has 2 fully saturated rings. The summed E-state index contributed by atoms with van der Waals surface area (Å²) in [6, 6.07) is 3.61. The number of thiophene rings is 1. The van der Waals surface area contributed by atoms with E-state index >= 15 is 0 Å². The molecule has 28 heavy (non-hydrogen) atoms. The standard InChI is InChI=1S/C19H25N5O2S2/c1-11(14-10-12-4-5-13(14)9-12)24-17(15-3-2-7-27-15)22-23-19(24)28-8-6-16(25)21-18(20)26/h2-3,7,11-14H,4-6,8-10H2,1H3,(H3,20,21,25,26). The van der Waals surface area contributed by atoms with Gasteiger partial charge in [-0.25, -0.2) is 4.79 Å². The largest absolute Gasteiger partial charge is 0.351 e. The fourth-order valence-corrected chi connectivity index (χ4v) is 6.49. The van der Waals surface area contributed by atoms with Gasteiger partial charge in [0.25, 0.3) is 0 Å². The zero-order valence-corrected chi connectivity index (χ0v) is 17.5. The normalized spacial score (nSPS) is 24.4. The number of urea groups is 1. The maximum Gasteiger partial charge on any atom is 0.318 e. The summed E-state index contributed by atoms with van der Waals surface area (Å²) in [7, 11) is 0. The Bertz CT molecular complexity index is 851. The molecular weight excluding hydrogens is 394 g/mol. The average Bonchev–Trinajstić information content (AvgIpc) is 3.42. The molecule has 3 amide bonds. The highest BCUT2D eigenvalue weighted by molar-refractivity contribution is 7.99. The van der Waals surface area contributed by atoms with E-state index in [4.69, 9.17) is 5.73 Å². The molecule has 2 aliphatic carbocycles. The summed E-state index contributed by atoms with van der Waals surface area (Å²) >= 11 is 3.18. The number of nitrogens with two attached hydrogens (primary N) is 1. The summed E-state index contributed by atoms with van der Waals surface area (Å²) in [6.45, 7) is 2.29. The van der Waals surface area contributed by atoms with Gasteiger partial charge in [0.15, 0.2) is 11.0 Å². The third-order valence-corrected chi connectivity index (χ3v) is 7.86. The quantitative estimate of drug-likeness (QED) is 0.667. The predicted octanol–water partition coefficient (Wildman–Crippen LogP) is 3.68. The van der Waals surface area contributed by atoms with Gasteiger partial charge in [-0.2, -0.15) is 0 Å². The summed E-state index contributed by atoms with van der Waals surface area (Å²) in [5.41, 5.74) is 4.99. The number of imide groups is 1. The number of nitrogens with one attached hydrogen (secondary N) is 1. The van der Waals surface area contributed by atoms with Gasteiger partial charge in [0.2, 0.25) is 5.91 Å². The number of hydrogen-bond donors (Lipinski definition) is 2. The van der Waals surface area contributed by atoms with Crippen LogP contribution in [0.2, 0.25) is 0 Å². The lowest BCUT2D eigenvalue weighted by molar-refractivity contribution is -0.119. The lowest BCUT2D eigenvalue weighted by Gasteiger charge is -2.30. The number of thioether (sulfide) groups is 1. The molecule has 0 aliphatic heterocycles. The second kappa shape index (κ2) is 8.24. The van der Waals surface area contributed by atoms with Gasteiger partial charge in [0.1, 0.15) is 0 Å². The maximum atomic E-state index is 11.7. The molecule has 0 aromatic carbocycles. The molecule has 150 valence electrons. The molecule has 4 atom stereocenters. The molecular formula is C19H25N5O2S2. The number of aromatic nitrogens is 3. The van der Waals surface area contributed by atoms with Gasteiger partial charge in [0, 0.05) is 18.2 Å². The van der Waals surface area contributed by atoms with E-state index in [1.807, 2.05) is 6.07 Å². The van der Waals surface area contributed by atoms with Crippen LogP contribution in [0.5, 0.6) is 0 Å². The van der Waals surface area contributed by atoms with Gasteiger partial charge in [0.05, 0.1) is 4.88 Å². The van der Waals surface area contributed by atoms with Crippen molar-refractivity contribution >= 4 is 35.0 Å². The van der Waals surface area contributed by atoms with Gasteiger partial charge in [-0.1, -0.05) is 24.2 Å². The Hall–Kier alpha value is -1.87. The van der Waals surface area contributed by atoms with Gasteiger partial charge in [-0.05, 0) is 55.4 Å². The summed E-state index contributed by atoms with van der Waals surface area (Å²) in [5.74, 6) is 3.40. The Morgan fingerprint density at radius 3 is 2.89 bits per heavy atom. The van der Waals surface area contributed by atoms with Crippen molar-refractivity contribution < 1.29 is 9.59 Å². The first-order valence-electron chi connectivity index (χ1n) is 9.73. The van der Waals surface area contributed by atoms with E-state index in [2.05, 4.69) is 38.5 Å². The number of amides is 3. The predicted molar refractivity (Wildman–Crippen MR) is 110 cm³/mol. The third kappa shape index (κ3) is 3.96. The first-order chi connectivity index (χ1) is 13.5. The van der Waals surface area contributed by atoms with Gasteiger partial charge in [-0.15, -0.1) is 21.5 Å². The minimum atomic E-state index is -0.817. The van der Waals surface area contributed by atoms with E-state index < -0.39 is 6.03 Å². The van der Waals surface area contributed by atoms with Crippen LogP contribution in [0.3, 0.4) is 0 Å². The molecule has 4 unspecified atom stereocenters. The van der Waals surface area contributed by atoms with Crippen molar-refractivity contribution in [3.63, 3.8) is 0 Å². The number of carbonyl (C=O) groups is 2. The first kappa shape index (κ1) is 19.4. The summed E-state index contributed by atoms with van der Waals surface area (Å²) in [6.07, 6.45) is 5.58. The Morgan fingerprint density at radius 2 is 2.25 bits per heavy atom. The van der Waals surface area contributed by atoms with E-state index in [0.29, 0.717) is 17.7 Å². The molecule has 0 spiro atoms. The van der Waals surface area contributed by atoms with Crippen LogP contribution in [0.1, 0.15) is 45.1 Å². The zero-order valence-electron chi connectivity index (χ0n) is 15.8. The monoisotopic (exact) mass is 419 g/mol. The molecule has 2 bridgehead atoms. The first-order valence-corrected chi connectivity index (χ1v) is 11.6. The van der Waals surface area contributed by atoms with Crippen LogP contribution in [0.25, 0.3) is 10.7 Å². The molecule has 7 nitrogen and oxygen atoms in total. The molecule has 0 radical (unpaired) electrons. The van der Waals surface area contributed by atoms with E-state index in [1.165, 1.54) is 37.4 Å². The summed E-state index contributed by atoms with van der Waals surface area (Å²) in [4.78, 5) is 23.6. The highest BCUT2D eigenvalue weighted by Gasteiger charge is 2.43. The van der Waals surface area contributed by atoms with Crippen molar-refractivity contribution in [3.8, 4) is 10.7 Å². The van der Waals surface area contributed by atoms with E-state index in [1.54, 1.807) is 11.3 Å². The maximum absolute atomic E-state index is 11.7. The van der Waals surface area contributed by atoms with Crippen molar-refractivity contribution in [1.82, 2.24) is 20.1 Å². The van der Waals surface area contributed by atoms with E-state index in [-0.39, 0.29) is 12.3 Å². The highest BCUT2D eigenvalue weighted by atomic mass is 32.2. The fourth-order valence-electron chi connectivity index (χ4n) is 4.83. The van der Waals surface area contributed by atoms with Gasteiger partial charge < -0.3 is 5.73 Å². The van der Waals surface area contributed by atoms with Crippen molar-refractivity contribution in [3.05, 3.63) is 17.5 Å². The van der Waals surface area contributed by atoms with Crippen molar-refractivity contribution in [1.29, 1.82) is 0 Å². The Morgan fingerprint density at radius 1 is 1.39 bits per heavy atom. The highest BCUT2D eigenvalue weighted by Crippen LogP contribution is 2.53. The second-order valence-electron chi connectivity index (χ2n) is 7.74. The number of carbonyl (C=O) groups excluding carboxylic acids is 2. The van der Waals surface area contributed by atoms with Crippen LogP contribution in [0.15, 0.2) is 22.7 Å². The molecule has 2 aromatic rings. The average molecular weight is 420 g/mol. The Kier molecular flexibility index (Phi) is 5.73. The number of primary amides is 1. The Balaban J connectivity index is 1.53. The van der Waals surface area contributed by atoms with Crippen LogP contribution in [-0.2, 0) is 4.79 Å². The van der Waals surface area contributed by atoms with Crippen molar-refractivity contribution in [2.75, 3.05) is 5.75 Å². The van der Waals surface area contributed by atoms with Crippen LogP contribution < -0.4 is 11.1 Å². The van der Waals surface area contributed by atoms with Crippen molar-refractivity contribution in [2.24, 2.45) is 23.5 Å². The van der Waals surface area contributed by atoms with Crippen molar-refractivity contribution in [2.45, 2.75) is 50.2 Å². The zero-order chi connectivity index (χ0) is 19.7. The van der Waals surface area contributed by atoms with Crippen LogP contribution in [-0.4, -0.2) is 32.5 Å². The summed E-state index contributed by atoms with van der Waals surface area (Å²) in [5, 5.41) is 13.9. The SMILES string of the molecule is CC(C1CC2CCC1C2)n1c(SCCC(=O)NC(N)=O)nnc1-c1cccs1. The van der Waals surface area contributed by atoms with Crippen LogP contribution in [0, 0.1) is 17.8 Å². The van der Waals surface area contributed by atoms with Crippen LogP contribution in [0.4, 0.5) is 4.79 Å².